The van der Waals surface area contributed by atoms with E-state index in [9.17, 15) is 0 Å². The molecule has 1 aromatic heterocycles. The van der Waals surface area contributed by atoms with Crippen molar-refractivity contribution in [2.24, 2.45) is 5.73 Å². The van der Waals surface area contributed by atoms with Crippen molar-refractivity contribution in [2.45, 2.75) is 13.0 Å². The molecule has 0 amide bonds. The molecular formula is C15H14ClN3O. The summed E-state index contributed by atoms with van der Waals surface area (Å²) >= 11 is 6.15. The van der Waals surface area contributed by atoms with Crippen LogP contribution in [0.5, 0.6) is 5.75 Å². The molecule has 0 unspecified atom stereocenters. The summed E-state index contributed by atoms with van der Waals surface area (Å²) in [7, 11) is 0. The Kier molecular flexibility index (Phi) is 4.94. The molecule has 2 N–H and O–H groups in total. The van der Waals surface area contributed by atoms with Gasteiger partial charge in [-0.3, -0.25) is 0 Å². The van der Waals surface area contributed by atoms with Gasteiger partial charge in [-0.15, -0.1) is 0 Å². The first-order valence-corrected chi connectivity index (χ1v) is 6.58. The number of ether oxygens (including phenoxy) is 1. The lowest BCUT2D eigenvalue weighted by Gasteiger charge is -2.12. The SMILES string of the molecule is N#Cc1ncccc1COc1cccc(Cl)c1CCN. The maximum atomic E-state index is 8.99. The summed E-state index contributed by atoms with van der Waals surface area (Å²) in [5, 5.41) is 9.63. The summed E-state index contributed by atoms with van der Waals surface area (Å²) in [5.74, 6) is 0.690. The number of nitrogens with two attached hydrogens (primary N) is 1. The Morgan fingerprint density at radius 3 is 2.90 bits per heavy atom. The molecule has 1 heterocycles. The molecule has 0 radical (unpaired) electrons. The van der Waals surface area contributed by atoms with Gasteiger partial charge in [-0.1, -0.05) is 23.7 Å². The largest absolute Gasteiger partial charge is 0.488 e. The van der Waals surface area contributed by atoms with Crippen molar-refractivity contribution in [3.63, 3.8) is 0 Å². The van der Waals surface area contributed by atoms with Gasteiger partial charge in [0.15, 0.2) is 0 Å². The number of nitriles is 1. The molecule has 0 aliphatic heterocycles. The number of benzene rings is 1. The smallest absolute Gasteiger partial charge is 0.147 e. The summed E-state index contributed by atoms with van der Waals surface area (Å²) in [5.41, 5.74) is 7.59. The quantitative estimate of drug-likeness (QED) is 0.918. The molecule has 0 aliphatic rings. The van der Waals surface area contributed by atoms with Crippen LogP contribution in [-0.4, -0.2) is 11.5 Å². The highest BCUT2D eigenvalue weighted by molar-refractivity contribution is 6.31. The molecule has 5 heteroatoms. The first kappa shape index (κ1) is 14.3. The molecule has 4 nitrogen and oxygen atoms in total. The van der Waals surface area contributed by atoms with Crippen LogP contribution in [0.1, 0.15) is 16.8 Å². The minimum Gasteiger partial charge on any atom is -0.488 e. The van der Waals surface area contributed by atoms with Gasteiger partial charge < -0.3 is 10.5 Å². The van der Waals surface area contributed by atoms with E-state index in [1.165, 1.54) is 0 Å². The fourth-order valence-corrected chi connectivity index (χ4v) is 2.13. The Balaban J connectivity index is 2.19. The van der Waals surface area contributed by atoms with Gasteiger partial charge in [-0.2, -0.15) is 5.26 Å². The number of halogens is 1. The van der Waals surface area contributed by atoms with Gasteiger partial charge in [0.1, 0.15) is 24.1 Å². The predicted octanol–water partition coefficient (Wildman–Crippen LogP) is 2.69. The fourth-order valence-electron chi connectivity index (χ4n) is 1.87. The number of rotatable bonds is 5. The molecule has 0 atom stereocenters. The van der Waals surface area contributed by atoms with Gasteiger partial charge in [0.05, 0.1) is 0 Å². The van der Waals surface area contributed by atoms with Crippen LogP contribution in [0.3, 0.4) is 0 Å². The maximum absolute atomic E-state index is 8.99. The van der Waals surface area contributed by atoms with Gasteiger partial charge in [0.25, 0.3) is 0 Å². The van der Waals surface area contributed by atoms with Gasteiger partial charge in [0.2, 0.25) is 0 Å². The van der Waals surface area contributed by atoms with E-state index in [0.717, 1.165) is 11.1 Å². The average Bonchev–Trinajstić information content (AvgIpc) is 2.48. The van der Waals surface area contributed by atoms with Gasteiger partial charge >= 0.3 is 0 Å². The summed E-state index contributed by atoms with van der Waals surface area (Å²) < 4.78 is 5.77. The second-order valence-corrected chi connectivity index (χ2v) is 4.57. The van der Waals surface area contributed by atoms with E-state index >= 15 is 0 Å². The van der Waals surface area contributed by atoms with E-state index in [4.69, 9.17) is 27.3 Å². The van der Waals surface area contributed by atoms with E-state index in [1.807, 2.05) is 30.3 Å². The van der Waals surface area contributed by atoms with Crippen molar-refractivity contribution < 1.29 is 4.74 Å². The van der Waals surface area contributed by atoms with Crippen molar-refractivity contribution in [1.82, 2.24) is 4.98 Å². The molecule has 0 saturated heterocycles. The Labute approximate surface area is 122 Å². The zero-order chi connectivity index (χ0) is 14.4. The fraction of sp³-hybridized carbons (Fsp3) is 0.200. The highest BCUT2D eigenvalue weighted by Crippen LogP contribution is 2.27. The third-order valence-electron chi connectivity index (χ3n) is 2.85. The van der Waals surface area contributed by atoms with Crippen LogP contribution in [0.15, 0.2) is 36.5 Å². The second kappa shape index (κ2) is 6.90. The minimum absolute atomic E-state index is 0.272. The molecule has 20 heavy (non-hydrogen) atoms. The number of aromatic nitrogens is 1. The van der Waals surface area contributed by atoms with Crippen molar-refractivity contribution >= 4 is 11.6 Å². The molecule has 2 rings (SSSR count). The van der Waals surface area contributed by atoms with E-state index < -0.39 is 0 Å². The maximum Gasteiger partial charge on any atom is 0.147 e. The van der Waals surface area contributed by atoms with E-state index in [0.29, 0.717) is 29.4 Å². The van der Waals surface area contributed by atoms with Gasteiger partial charge in [-0.25, -0.2) is 4.98 Å². The number of hydrogen-bond donors (Lipinski definition) is 1. The Morgan fingerprint density at radius 2 is 2.15 bits per heavy atom. The first-order valence-electron chi connectivity index (χ1n) is 6.20. The van der Waals surface area contributed by atoms with Crippen molar-refractivity contribution in [1.29, 1.82) is 5.26 Å². The monoisotopic (exact) mass is 287 g/mol. The molecule has 0 saturated carbocycles. The summed E-state index contributed by atoms with van der Waals surface area (Å²) in [6.07, 6.45) is 2.23. The first-order chi connectivity index (χ1) is 9.76. The molecule has 102 valence electrons. The summed E-state index contributed by atoms with van der Waals surface area (Å²) in [6, 6.07) is 11.1. The highest BCUT2D eigenvalue weighted by Gasteiger charge is 2.09. The Bertz CT molecular complexity index is 637. The molecule has 0 fully saturated rings. The van der Waals surface area contributed by atoms with Crippen LogP contribution in [0, 0.1) is 11.3 Å². The normalized spacial score (nSPS) is 10.1. The van der Waals surface area contributed by atoms with Crippen molar-refractivity contribution in [3.05, 3.63) is 58.4 Å². The van der Waals surface area contributed by atoms with Crippen LogP contribution < -0.4 is 10.5 Å². The second-order valence-electron chi connectivity index (χ2n) is 4.17. The van der Waals surface area contributed by atoms with Gasteiger partial charge in [0, 0.05) is 22.3 Å². The lowest BCUT2D eigenvalue weighted by molar-refractivity contribution is 0.302. The van der Waals surface area contributed by atoms with Crippen LogP contribution in [0.4, 0.5) is 0 Å². The molecule has 1 aromatic carbocycles. The lowest BCUT2D eigenvalue weighted by Crippen LogP contribution is -2.07. The topological polar surface area (TPSA) is 71.9 Å². The van der Waals surface area contributed by atoms with E-state index in [-0.39, 0.29) is 6.61 Å². The predicted molar refractivity (Wildman–Crippen MR) is 77.5 cm³/mol. The van der Waals surface area contributed by atoms with Crippen molar-refractivity contribution in [2.75, 3.05) is 6.54 Å². The van der Waals surface area contributed by atoms with Crippen molar-refractivity contribution in [3.8, 4) is 11.8 Å². The summed E-state index contributed by atoms with van der Waals surface area (Å²) in [4.78, 5) is 4.00. The number of pyridine rings is 1. The van der Waals surface area contributed by atoms with E-state index in [1.54, 1.807) is 12.3 Å². The number of hydrogen-bond acceptors (Lipinski definition) is 4. The number of nitrogens with zero attached hydrogens (tertiary/aromatic N) is 2. The van der Waals surface area contributed by atoms with E-state index in [2.05, 4.69) is 4.98 Å². The molecular weight excluding hydrogens is 274 g/mol. The van der Waals surface area contributed by atoms with Crippen LogP contribution >= 0.6 is 11.6 Å². The standard InChI is InChI=1S/C15H14ClN3O/c16-13-4-1-5-15(12(13)6-7-17)20-10-11-3-2-8-19-14(11)9-18/h1-5,8H,6-7,10,17H2. The minimum atomic E-state index is 0.272. The van der Waals surface area contributed by atoms with Crippen LogP contribution in [-0.2, 0) is 13.0 Å². The third kappa shape index (κ3) is 3.27. The molecule has 0 bridgehead atoms. The zero-order valence-electron chi connectivity index (χ0n) is 10.8. The van der Waals surface area contributed by atoms with Crippen LogP contribution in [0.25, 0.3) is 0 Å². The Morgan fingerprint density at radius 1 is 1.30 bits per heavy atom. The molecule has 0 spiro atoms. The van der Waals surface area contributed by atoms with Gasteiger partial charge in [-0.05, 0) is 31.2 Å². The lowest BCUT2D eigenvalue weighted by atomic mass is 10.1. The highest BCUT2D eigenvalue weighted by atomic mass is 35.5. The zero-order valence-corrected chi connectivity index (χ0v) is 11.6. The molecule has 0 aliphatic carbocycles. The Hall–Kier alpha value is -2.09. The summed E-state index contributed by atoms with van der Waals surface area (Å²) in [6.45, 7) is 0.769. The molecule has 2 aromatic rings. The third-order valence-corrected chi connectivity index (χ3v) is 3.20. The van der Waals surface area contributed by atoms with Crippen LogP contribution in [0.2, 0.25) is 5.02 Å². The average molecular weight is 288 g/mol.